The summed E-state index contributed by atoms with van der Waals surface area (Å²) < 4.78 is 10.8. The number of hydrogen-bond acceptors (Lipinski definition) is 5. The Morgan fingerprint density at radius 3 is 2.28 bits per heavy atom. The number of benzene rings is 1. The fourth-order valence-corrected chi connectivity index (χ4v) is 3.03. The molecule has 0 saturated carbocycles. The lowest BCUT2D eigenvalue weighted by atomic mass is 10.1. The Morgan fingerprint density at radius 2 is 1.72 bits per heavy atom. The minimum absolute atomic E-state index is 0.0642. The van der Waals surface area contributed by atoms with Crippen LogP contribution in [0.4, 0.5) is 0 Å². The molecule has 1 fully saturated rings. The normalized spacial score (nSPS) is 14.6. The lowest BCUT2D eigenvalue weighted by Crippen LogP contribution is -2.51. The first-order chi connectivity index (χ1) is 12.0. The number of para-hydroxylation sites is 1. The molecular weight excluding hydrogens is 322 g/mol. The Morgan fingerprint density at radius 1 is 1.08 bits per heavy atom. The summed E-state index contributed by atoms with van der Waals surface area (Å²) in [5.74, 6) is 1.52. The molecule has 7 heteroatoms. The molecule has 2 rings (SSSR count). The van der Waals surface area contributed by atoms with E-state index in [0.29, 0.717) is 50.8 Å². The van der Waals surface area contributed by atoms with Crippen LogP contribution in [0.15, 0.2) is 18.2 Å². The zero-order valence-electron chi connectivity index (χ0n) is 15.4. The van der Waals surface area contributed by atoms with Crippen LogP contribution in [0.25, 0.3) is 0 Å². The predicted octanol–water partition coefficient (Wildman–Crippen LogP) is 0.826. The summed E-state index contributed by atoms with van der Waals surface area (Å²) in [6, 6.07) is 5.73. The van der Waals surface area contributed by atoms with E-state index in [-0.39, 0.29) is 11.8 Å². The molecule has 7 nitrogen and oxygen atoms in total. The number of ether oxygens (including phenoxy) is 2. The largest absolute Gasteiger partial charge is 0.493 e. The van der Waals surface area contributed by atoms with E-state index in [1.54, 1.807) is 26.0 Å². The average molecular weight is 349 g/mol. The Hall–Kier alpha value is -2.28. The Bertz CT molecular complexity index is 612. The van der Waals surface area contributed by atoms with Crippen LogP contribution in [0.3, 0.4) is 0 Å². The van der Waals surface area contributed by atoms with Crippen LogP contribution in [0.2, 0.25) is 0 Å². The highest BCUT2D eigenvalue weighted by atomic mass is 16.5. The lowest BCUT2D eigenvalue weighted by molar-refractivity contribution is -0.139. The summed E-state index contributed by atoms with van der Waals surface area (Å²) in [5.41, 5.74) is 0.971. The van der Waals surface area contributed by atoms with Gasteiger partial charge in [-0.2, -0.15) is 0 Å². The quantitative estimate of drug-likeness (QED) is 0.761. The van der Waals surface area contributed by atoms with Crippen molar-refractivity contribution in [3.8, 4) is 11.5 Å². The van der Waals surface area contributed by atoms with Crippen LogP contribution in [0.1, 0.15) is 12.5 Å². The van der Waals surface area contributed by atoms with Crippen LogP contribution in [0, 0.1) is 0 Å². The number of carbonyl (C=O) groups is 2. The monoisotopic (exact) mass is 349 g/mol. The molecule has 0 bridgehead atoms. The number of piperazine rings is 1. The van der Waals surface area contributed by atoms with Gasteiger partial charge in [-0.1, -0.05) is 12.1 Å². The maximum Gasteiger partial charge on any atom is 0.236 e. The van der Waals surface area contributed by atoms with E-state index in [2.05, 4.69) is 0 Å². The third kappa shape index (κ3) is 4.85. The second kappa shape index (κ2) is 8.71. The summed E-state index contributed by atoms with van der Waals surface area (Å²) in [4.78, 5) is 29.4. The van der Waals surface area contributed by atoms with Crippen molar-refractivity contribution in [3.05, 3.63) is 23.8 Å². The van der Waals surface area contributed by atoms with E-state index in [0.717, 1.165) is 5.56 Å². The topological polar surface area (TPSA) is 62.3 Å². The van der Waals surface area contributed by atoms with Crippen LogP contribution in [-0.4, -0.2) is 80.5 Å². The highest BCUT2D eigenvalue weighted by molar-refractivity contribution is 5.79. The van der Waals surface area contributed by atoms with Crippen LogP contribution in [0.5, 0.6) is 11.5 Å². The van der Waals surface area contributed by atoms with Crippen molar-refractivity contribution in [1.82, 2.24) is 14.7 Å². The van der Waals surface area contributed by atoms with E-state index in [1.807, 2.05) is 35.0 Å². The zero-order chi connectivity index (χ0) is 18.4. The number of rotatable bonds is 6. The van der Waals surface area contributed by atoms with Crippen molar-refractivity contribution in [2.75, 3.05) is 54.0 Å². The summed E-state index contributed by atoms with van der Waals surface area (Å²) in [6.45, 7) is 4.86. The lowest BCUT2D eigenvalue weighted by Gasteiger charge is -2.35. The molecule has 1 aliphatic heterocycles. The minimum Gasteiger partial charge on any atom is -0.493 e. The van der Waals surface area contributed by atoms with Gasteiger partial charge in [-0.3, -0.25) is 14.5 Å². The SMILES string of the molecule is COc1cccc(CN(C)CC(=O)N2CCN(C(C)=O)CC2)c1OC. The first-order valence-corrected chi connectivity index (χ1v) is 8.38. The number of nitrogens with zero attached hydrogens (tertiary/aromatic N) is 3. The van der Waals surface area contributed by atoms with E-state index < -0.39 is 0 Å². The number of methoxy groups -OCH3 is 2. The summed E-state index contributed by atoms with van der Waals surface area (Å²) >= 11 is 0. The zero-order valence-corrected chi connectivity index (χ0v) is 15.4. The molecule has 2 amide bonds. The van der Waals surface area contributed by atoms with Crippen molar-refractivity contribution >= 4 is 11.8 Å². The van der Waals surface area contributed by atoms with E-state index in [1.165, 1.54) is 0 Å². The fraction of sp³-hybridized carbons (Fsp3) is 0.556. The standard InChI is InChI=1S/C18H27N3O4/c1-14(22)20-8-10-21(11-9-20)17(23)13-19(2)12-15-6-5-7-16(24-3)18(15)25-4/h5-7H,8-13H2,1-4H3. The van der Waals surface area contributed by atoms with Gasteiger partial charge in [0.05, 0.1) is 20.8 Å². The first-order valence-electron chi connectivity index (χ1n) is 8.38. The highest BCUT2D eigenvalue weighted by Crippen LogP contribution is 2.31. The highest BCUT2D eigenvalue weighted by Gasteiger charge is 2.23. The number of hydrogen-bond donors (Lipinski definition) is 0. The fourth-order valence-electron chi connectivity index (χ4n) is 3.03. The van der Waals surface area contributed by atoms with Gasteiger partial charge in [0, 0.05) is 45.2 Å². The van der Waals surface area contributed by atoms with Crippen LogP contribution >= 0.6 is 0 Å². The Kier molecular flexibility index (Phi) is 6.64. The molecule has 1 aromatic carbocycles. The van der Waals surface area contributed by atoms with Gasteiger partial charge in [0.25, 0.3) is 0 Å². The van der Waals surface area contributed by atoms with Gasteiger partial charge in [-0.05, 0) is 13.1 Å². The minimum atomic E-state index is 0.0642. The molecule has 0 spiro atoms. The molecule has 0 radical (unpaired) electrons. The van der Waals surface area contributed by atoms with Gasteiger partial charge in [0.2, 0.25) is 11.8 Å². The summed E-state index contributed by atoms with van der Waals surface area (Å²) in [6.07, 6.45) is 0. The summed E-state index contributed by atoms with van der Waals surface area (Å²) in [7, 11) is 5.12. The van der Waals surface area contributed by atoms with Crippen LogP contribution < -0.4 is 9.47 Å². The third-order valence-corrected chi connectivity index (χ3v) is 4.41. The first kappa shape index (κ1) is 19.1. The smallest absolute Gasteiger partial charge is 0.236 e. The van der Waals surface area contributed by atoms with Gasteiger partial charge < -0.3 is 19.3 Å². The van der Waals surface area contributed by atoms with E-state index >= 15 is 0 Å². The maximum atomic E-state index is 12.5. The second-order valence-corrected chi connectivity index (χ2v) is 6.21. The molecule has 1 aromatic rings. The predicted molar refractivity (Wildman–Crippen MR) is 94.7 cm³/mol. The Labute approximate surface area is 149 Å². The molecule has 25 heavy (non-hydrogen) atoms. The number of carbonyl (C=O) groups excluding carboxylic acids is 2. The third-order valence-electron chi connectivity index (χ3n) is 4.41. The van der Waals surface area contributed by atoms with Crippen molar-refractivity contribution in [1.29, 1.82) is 0 Å². The molecule has 1 aliphatic rings. The molecule has 0 aromatic heterocycles. The molecule has 0 unspecified atom stereocenters. The van der Waals surface area contributed by atoms with E-state index in [4.69, 9.17) is 9.47 Å². The molecule has 0 atom stereocenters. The number of amides is 2. The Balaban J connectivity index is 1.91. The molecule has 0 aliphatic carbocycles. The maximum absolute atomic E-state index is 12.5. The van der Waals surface area contributed by atoms with Crippen molar-refractivity contribution in [2.45, 2.75) is 13.5 Å². The van der Waals surface area contributed by atoms with Gasteiger partial charge in [-0.25, -0.2) is 0 Å². The van der Waals surface area contributed by atoms with Crippen LogP contribution in [-0.2, 0) is 16.1 Å². The van der Waals surface area contributed by atoms with Gasteiger partial charge in [0.15, 0.2) is 11.5 Å². The molecule has 1 saturated heterocycles. The summed E-state index contributed by atoms with van der Waals surface area (Å²) in [5, 5.41) is 0. The average Bonchev–Trinajstić information content (AvgIpc) is 2.61. The van der Waals surface area contributed by atoms with Crippen molar-refractivity contribution < 1.29 is 19.1 Å². The van der Waals surface area contributed by atoms with Gasteiger partial charge >= 0.3 is 0 Å². The molecular formula is C18H27N3O4. The van der Waals surface area contributed by atoms with Gasteiger partial charge in [0.1, 0.15) is 0 Å². The van der Waals surface area contributed by atoms with Crippen molar-refractivity contribution in [3.63, 3.8) is 0 Å². The van der Waals surface area contributed by atoms with Crippen molar-refractivity contribution in [2.24, 2.45) is 0 Å². The molecule has 138 valence electrons. The van der Waals surface area contributed by atoms with E-state index in [9.17, 15) is 9.59 Å². The second-order valence-electron chi connectivity index (χ2n) is 6.21. The molecule has 0 N–H and O–H groups in total. The molecule has 1 heterocycles. The number of likely N-dealkylation sites (N-methyl/N-ethyl adjacent to an activating group) is 1. The van der Waals surface area contributed by atoms with Gasteiger partial charge in [-0.15, -0.1) is 0 Å².